The number of carboxylic acids is 1. The van der Waals surface area contributed by atoms with Crippen molar-refractivity contribution < 1.29 is 39.5 Å². The van der Waals surface area contributed by atoms with E-state index in [1.165, 1.54) is 0 Å². The van der Waals surface area contributed by atoms with Crippen molar-refractivity contribution in [2.75, 3.05) is 0 Å². The van der Waals surface area contributed by atoms with Crippen LogP contribution in [0.1, 0.15) is 32.1 Å². The van der Waals surface area contributed by atoms with Gasteiger partial charge in [0.05, 0.1) is 0 Å². The molecule has 1 rings (SSSR count). The third-order valence-electron chi connectivity index (χ3n) is 2.62. The topological polar surface area (TPSA) is 92.2 Å². The summed E-state index contributed by atoms with van der Waals surface area (Å²) in [4.78, 5) is 10.4. The SMILES string of the molecule is NC1CCCCC1(N)CC(=O)[O-].[Na+]. The number of carbonyl (C=O) groups is 1. The molecule has 0 aliphatic heterocycles. The normalized spacial score (nSPS) is 33.5. The first kappa shape index (κ1) is 13.4. The van der Waals surface area contributed by atoms with Crippen LogP contribution in [0.15, 0.2) is 0 Å². The van der Waals surface area contributed by atoms with Crippen molar-refractivity contribution >= 4 is 5.97 Å². The molecule has 0 aromatic carbocycles. The zero-order chi connectivity index (χ0) is 9.19. The Kier molecular flexibility index (Phi) is 5.47. The molecule has 0 aromatic heterocycles. The molecule has 0 heterocycles. The molecule has 0 bridgehead atoms. The fourth-order valence-electron chi connectivity index (χ4n) is 1.78. The van der Waals surface area contributed by atoms with Gasteiger partial charge in [-0.1, -0.05) is 12.8 Å². The fourth-order valence-corrected chi connectivity index (χ4v) is 1.78. The van der Waals surface area contributed by atoms with E-state index in [-0.39, 0.29) is 42.0 Å². The molecule has 0 saturated heterocycles. The van der Waals surface area contributed by atoms with Crippen molar-refractivity contribution in [3.05, 3.63) is 0 Å². The molecule has 0 aromatic rings. The molecule has 0 amide bonds. The van der Waals surface area contributed by atoms with E-state index in [1.807, 2.05) is 0 Å². The van der Waals surface area contributed by atoms with E-state index >= 15 is 0 Å². The van der Waals surface area contributed by atoms with Gasteiger partial charge in [0.2, 0.25) is 0 Å². The number of carbonyl (C=O) groups excluding carboxylic acids is 1. The molecule has 1 saturated carbocycles. The zero-order valence-corrected chi connectivity index (χ0v) is 10.1. The van der Waals surface area contributed by atoms with Crippen molar-refractivity contribution in [3.63, 3.8) is 0 Å². The van der Waals surface area contributed by atoms with Gasteiger partial charge < -0.3 is 21.4 Å². The van der Waals surface area contributed by atoms with Crippen LogP contribution in [0.4, 0.5) is 0 Å². The van der Waals surface area contributed by atoms with E-state index in [0.29, 0.717) is 6.42 Å². The summed E-state index contributed by atoms with van der Waals surface area (Å²) in [6.45, 7) is 0. The maximum Gasteiger partial charge on any atom is 1.00 e. The van der Waals surface area contributed by atoms with Gasteiger partial charge in [-0.25, -0.2) is 0 Å². The maximum atomic E-state index is 10.4. The molecular weight excluding hydrogens is 179 g/mol. The van der Waals surface area contributed by atoms with Crippen molar-refractivity contribution in [2.24, 2.45) is 11.5 Å². The van der Waals surface area contributed by atoms with E-state index in [0.717, 1.165) is 19.3 Å². The number of rotatable bonds is 2. The molecule has 4 N–H and O–H groups in total. The van der Waals surface area contributed by atoms with Gasteiger partial charge in [-0.2, -0.15) is 0 Å². The predicted octanol–water partition coefficient (Wildman–Crippen LogP) is -4.27. The van der Waals surface area contributed by atoms with Gasteiger partial charge in [0, 0.05) is 24.0 Å². The van der Waals surface area contributed by atoms with Crippen molar-refractivity contribution in [2.45, 2.75) is 43.7 Å². The summed E-state index contributed by atoms with van der Waals surface area (Å²) in [6.07, 6.45) is 3.42. The van der Waals surface area contributed by atoms with E-state index in [9.17, 15) is 9.90 Å². The standard InChI is InChI=1S/C8H16N2O2.Na/c9-6-3-1-2-4-8(6,10)5-7(11)12;/h6H,1-5,9-10H2,(H,11,12);/q;+1/p-1. The molecule has 1 fully saturated rings. The second-order valence-electron chi connectivity index (χ2n) is 3.63. The Morgan fingerprint density at radius 3 is 2.62 bits per heavy atom. The van der Waals surface area contributed by atoms with Crippen molar-refractivity contribution in [1.82, 2.24) is 0 Å². The molecule has 13 heavy (non-hydrogen) atoms. The van der Waals surface area contributed by atoms with Crippen LogP contribution in [-0.2, 0) is 4.79 Å². The third kappa shape index (κ3) is 3.56. The Labute approximate surface area is 100 Å². The number of hydrogen-bond acceptors (Lipinski definition) is 4. The number of aliphatic carboxylic acids is 1. The minimum Gasteiger partial charge on any atom is -0.550 e. The van der Waals surface area contributed by atoms with Gasteiger partial charge in [0.1, 0.15) is 0 Å². The molecule has 2 atom stereocenters. The van der Waals surface area contributed by atoms with Crippen LogP contribution in [0.3, 0.4) is 0 Å². The minimum atomic E-state index is -1.10. The second-order valence-corrected chi connectivity index (χ2v) is 3.63. The Bertz CT molecular complexity index is 189. The van der Waals surface area contributed by atoms with Gasteiger partial charge in [0.15, 0.2) is 0 Å². The number of carboxylic acid groups (broad SMARTS) is 1. The summed E-state index contributed by atoms with van der Waals surface area (Å²) in [5, 5.41) is 10.4. The van der Waals surface area contributed by atoms with Gasteiger partial charge in [0.25, 0.3) is 0 Å². The van der Waals surface area contributed by atoms with Crippen molar-refractivity contribution in [1.29, 1.82) is 0 Å². The van der Waals surface area contributed by atoms with Gasteiger partial charge in [-0.05, 0) is 12.8 Å². The maximum absolute atomic E-state index is 10.4. The van der Waals surface area contributed by atoms with E-state index in [4.69, 9.17) is 11.5 Å². The molecule has 70 valence electrons. The Morgan fingerprint density at radius 2 is 2.15 bits per heavy atom. The Morgan fingerprint density at radius 1 is 1.54 bits per heavy atom. The molecule has 1 aliphatic rings. The van der Waals surface area contributed by atoms with E-state index in [1.54, 1.807) is 0 Å². The second kappa shape index (κ2) is 5.32. The summed E-state index contributed by atoms with van der Waals surface area (Å²) >= 11 is 0. The molecule has 4 nitrogen and oxygen atoms in total. The minimum absolute atomic E-state index is 0. The van der Waals surface area contributed by atoms with Crippen LogP contribution in [0, 0.1) is 0 Å². The molecule has 1 aliphatic carbocycles. The molecule has 2 unspecified atom stereocenters. The van der Waals surface area contributed by atoms with Crippen molar-refractivity contribution in [3.8, 4) is 0 Å². The van der Waals surface area contributed by atoms with Gasteiger partial charge >= 0.3 is 29.6 Å². The first-order valence-corrected chi connectivity index (χ1v) is 4.29. The molecule has 0 radical (unpaired) electrons. The Hall–Kier alpha value is 0.390. The average molecular weight is 194 g/mol. The summed E-state index contributed by atoms with van der Waals surface area (Å²) in [6, 6.07) is -0.191. The van der Waals surface area contributed by atoms with Crippen LogP contribution >= 0.6 is 0 Å². The molecule has 5 heteroatoms. The predicted molar refractivity (Wildman–Crippen MR) is 43.0 cm³/mol. The largest absolute Gasteiger partial charge is 1.00 e. The third-order valence-corrected chi connectivity index (χ3v) is 2.62. The quantitative estimate of drug-likeness (QED) is 0.435. The Balaban J connectivity index is 0.00000144. The van der Waals surface area contributed by atoms with E-state index in [2.05, 4.69) is 0 Å². The van der Waals surface area contributed by atoms with Crippen LogP contribution in [0.5, 0.6) is 0 Å². The zero-order valence-electron chi connectivity index (χ0n) is 8.08. The van der Waals surface area contributed by atoms with Gasteiger partial charge in [-0.3, -0.25) is 0 Å². The van der Waals surface area contributed by atoms with Crippen LogP contribution in [0.2, 0.25) is 0 Å². The number of nitrogens with two attached hydrogens (primary N) is 2. The fraction of sp³-hybridized carbons (Fsp3) is 0.875. The van der Waals surface area contributed by atoms with Gasteiger partial charge in [-0.15, -0.1) is 0 Å². The monoisotopic (exact) mass is 194 g/mol. The van der Waals surface area contributed by atoms with E-state index < -0.39 is 11.5 Å². The number of hydrogen-bond donors (Lipinski definition) is 2. The van der Waals surface area contributed by atoms with Crippen LogP contribution in [-0.4, -0.2) is 17.6 Å². The summed E-state index contributed by atoms with van der Waals surface area (Å²) < 4.78 is 0. The molecular formula is C8H15N2NaO2. The summed E-state index contributed by atoms with van der Waals surface area (Å²) in [5.74, 6) is -1.10. The van der Waals surface area contributed by atoms with Crippen LogP contribution in [0.25, 0.3) is 0 Å². The summed E-state index contributed by atoms with van der Waals surface area (Å²) in [7, 11) is 0. The van der Waals surface area contributed by atoms with Crippen LogP contribution < -0.4 is 46.1 Å². The molecule has 0 spiro atoms. The first-order valence-electron chi connectivity index (χ1n) is 4.29. The smallest absolute Gasteiger partial charge is 0.550 e. The summed E-state index contributed by atoms with van der Waals surface area (Å²) in [5.41, 5.74) is 10.9. The first-order chi connectivity index (χ1) is 5.54. The average Bonchev–Trinajstić information content (AvgIpc) is 1.94.